The zero-order valence-corrected chi connectivity index (χ0v) is 8.57. The molecular formula is C9H18O4. The standard InChI is InChI=1S/C5H10.2C2H4O2/c1-3-5-4-2;2*1-2(3)4/h3,5H,4H2,1-2H3;2*1H3,(H,3,4). The normalized spacial score (nSPS) is 7.69. The van der Waals surface area contributed by atoms with Gasteiger partial charge in [-0.05, 0) is 13.3 Å². The second kappa shape index (κ2) is 17.0. The Hall–Kier alpha value is -1.32. The Morgan fingerprint density at radius 3 is 1.38 bits per heavy atom. The van der Waals surface area contributed by atoms with Gasteiger partial charge in [0.2, 0.25) is 0 Å². The topological polar surface area (TPSA) is 74.6 Å². The average molecular weight is 190 g/mol. The maximum absolute atomic E-state index is 9.00. The predicted octanol–water partition coefficient (Wildman–Crippen LogP) is 2.15. The molecule has 4 heteroatoms. The molecule has 0 radical (unpaired) electrons. The highest BCUT2D eigenvalue weighted by Crippen LogP contribution is 1.73. The van der Waals surface area contributed by atoms with E-state index in [1.54, 1.807) is 0 Å². The van der Waals surface area contributed by atoms with Gasteiger partial charge in [0.05, 0.1) is 0 Å². The third-order valence-corrected chi connectivity index (χ3v) is 0.471. The van der Waals surface area contributed by atoms with E-state index in [0.29, 0.717) is 0 Å². The van der Waals surface area contributed by atoms with Crippen LogP contribution in [0.1, 0.15) is 34.1 Å². The minimum absolute atomic E-state index is 0.833. The first-order valence-electron chi connectivity index (χ1n) is 3.88. The number of hydrogen-bond acceptors (Lipinski definition) is 2. The summed E-state index contributed by atoms with van der Waals surface area (Å²) in [6.45, 7) is 6.32. The van der Waals surface area contributed by atoms with Crippen LogP contribution in [0, 0.1) is 0 Å². The van der Waals surface area contributed by atoms with Gasteiger partial charge < -0.3 is 10.2 Å². The van der Waals surface area contributed by atoms with Crippen LogP contribution in [-0.2, 0) is 9.59 Å². The molecule has 4 nitrogen and oxygen atoms in total. The molecule has 0 spiro atoms. The first-order chi connectivity index (χ1) is 5.88. The molecule has 0 aromatic heterocycles. The molecule has 0 saturated heterocycles. The highest BCUT2D eigenvalue weighted by molar-refractivity contribution is 5.63. The smallest absolute Gasteiger partial charge is 0.300 e. The van der Waals surface area contributed by atoms with E-state index in [0.717, 1.165) is 20.3 Å². The van der Waals surface area contributed by atoms with Crippen LogP contribution in [0.2, 0.25) is 0 Å². The van der Waals surface area contributed by atoms with Crippen LogP contribution in [-0.4, -0.2) is 22.2 Å². The van der Waals surface area contributed by atoms with Crippen molar-refractivity contribution in [1.29, 1.82) is 0 Å². The second-order valence-corrected chi connectivity index (χ2v) is 2.02. The van der Waals surface area contributed by atoms with Gasteiger partial charge in [0.25, 0.3) is 11.9 Å². The van der Waals surface area contributed by atoms with Gasteiger partial charge in [0.1, 0.15) is 0 Å². The number of carboxylic acids is 2. The number of hydrogen-bond donors (Lipinski definition) is 2. The molecule has 0 aromatic rings. The molecule has 0 saturated carbocycles. The fraction of sp³-hybridized carbons (Fsp3) is 0.556. The second-order valence-electron chi connectivity index (χ2n) is 2.02. The quantitative estimate of drug-likeness (QED) is 0.621. The van der Waals surface area contributed by atoms with E-state index in [1.165, 1.54) is 0 Å². The van der Waals surface area contributed by atoms with Crippen molar-refractivity contribution in [3.63, 3.8) is 0 Å². The van der Waals surface area contributed by atoms with Crippen LogP contribution in [0.4, 0.5) is 0 Å². The number of carboxylic acid groups (broad SMARTS) is 2. The van der Waals surface area contributed by atoms with Crippen LogP contribution in [0.15, 0.2) is 12.2 Å². The summed E-state index contributed by atoms with van der Waals surface area (Å²) in [4.78, 5) is 18.0. The molecule has 78 valence electrons. The molecule has 0 aromatic carbocycles. The number of carbonyl (C=O) groups is 2. The van der Waals surface area contributed by atoms with Gasteiger partial charge in [-0.2, -0.15) is 0 Å². The summed E-state index contributed by atoms with van der Waals surface area (Å²) in [6.07, 6.45) is 5.34. The van der Waals surface area contributed by atoms with E-state index in [4.69, 9.17) is 19.8 Å². The lowest BCUT2D eigenvalue weighted by Gasteiger charge is -1.65. The van der Waals surface area contributed by atoms with E-state index < -0.39 is 11.9 Å². The first kappa shape index (κ1) is 17.7. The summed E-state index contributed by atoms with van der Waals surface area (Å²) >= 11 is 0. The molecule has 0 unspecified atom stereocenters. The van der Waals surface area contributed by atoms with Crippen molar-refractivity contribution < 1.29 is 19.8 Å². The third-order valence-electron chi connectivity index (χ3n) is 0.471. The summed E-state index contributed by atoms with van der Waals surface area (Å²) in [6, 6.07) is 0. The Bertz CT molecular complexity index is 130. The fourth-order valence-electron chi connectivity index (χ4n) is 0.236. The van der Waals surface area contributed by atoms with Crippen LogP contribution in [0.5, 0.6) is 0 Å². The lowest BCUT2D eigenvalue weighted by molar-refractivity contribution is -0.135. The Morgan fingerprint density at radius 1 is 1.15 bits per heavy atom. The third kappa shape index (κ3) is 1740. The van der Waals surface area contributed by atoms with Crippen molar-refractivity contribution in [2.75, 3.05) is 0 Å². The van der Waals surface area contributed by atoms with Crippen molar-refractivity contribution in [1.82, 2.24) is 0 Å². The van der Waals surface area contributed by atoms with Gasteiger partial charge >= 0.3 is 0 Å². The average Bonchev–Trinajstić information content (AvgIpc) is 1.86. The zero-order chi connectivity index (χ0) is 11.3. The van der Waals surface area contributed by atoms with Crippen molar-refractivity contribution in [3.8, 4) is 0 Å². The molecule has 0 fully saturated rings. The van der Waals surface area contributed by atoms with Gasteiger partial charge in [-0.1, -0.05) is 19.1 Å². The zero-order valence-electron chi connectivity index (χ0n) is 8.57. The highest BCUT2D eigenvalue weighted by atomic mass is 16.4. The van der Waals surface area contributed by atoms with Crippen molar-refractivity contribution in [3.05, 3.63) is 12.2 Å². The van der Waals surface area contributed by atoms with E-state index in [1.807, 2.05) is 6.92 Å². The first-order valence-corrected chi connectivity index (χ1v) is 3.88. The van der Waals surface area contributed by atoms with Crippen LogP contribution >= 0.6 is 0 Å². The number of aliphatic carboxylic acids is 2. The van der Waals surface area contributed by atoms with E-state index in [2.05, 4.69) is 19.1 Å². The SMILES string of the molecule is CC(=O)O.CC(=O)O.CC=CCC. The lowest BCUT2D eigenvalue weighted by atomic mass is 10.4. The van der Waals surface area contributed by atoms with E-state index in [-0.39, 0.29) is 0 Å². The molecule has 0 heterocycles. The highest BCUT2D eigenvalue weighted by Gasteiger charge is 1.65. The van der Waals surface area contributed by atoms with Gasteiger partial charge in [-0.15, -0.1) is 0 Å². The molecule has 0 rings (SSSR count). The Morgan fingerprint density at radius 2 is 1.38 bits per heavy atom. The largest absolute Gasteiger partial charge is 0.481 e. The van der Waals surface area contributed by atoms with Gasteiger partial charge in [0, 0.05) is 13.8 Å². The monoisotopic (exact) mass is 190 g/mol. The molecule has 2 N–H and O–H groups in total. The lowest BCUT2D eigenvalue weighted by Crippen LogP contribution is -1.78. The molecule has 13 heavy (non-hydrogen) atoms. The van der Waals surface area contributed by atoms with Crippen LogP contribution < -0.4 is 0 Å². The van der Waals surface area contributed by atoms with Crippen molar-refractivity contribution in [2.24, 2.45) is 0 Å². The van der Waals surface area contributed by atoms with Crippen LogP contribution in [0.3, 0.4) is 0 Å². The fourth-order valence-corrected chi connectivity index (χ4v) is 0.236. The Balaban J connectivity index is -0.000000117. The summed E-state index contributed by atoms with van der Waals surface area (Å²) < 4.78 is 0. The van der Waals surface area contributed by atoms with Gasteiger partial charge in [-0.25, -0.2) is 0 Å². The Labute approximate surface area is 78.9 Å². The minimum atomic E-state index is -0.833. The van der Waals surface area contributed by atoms with E-state index >= 15 is 0 Å². The van der Waals surface area contributed by atoms with Crippen LogP contribution in [0.25, 0.3) is 0 Å². The Kier molecular flexibility index (Phi) is 23.1. The maximum Gasteiger partial charge on any atom is 0.300 e. The summed E-state index contributed by atoms with van der Waals surface area (Å²) in [5.41, 5.74) is 0. The molecule has 0 amide bonds. The number of rotatable bonds is 1. The minimum Gasteiger partial charge on any atom is -0.481 e. The summed E-state index contributed by atoms with van der Waals surface area (Å²) in [5.74, 6) is -1.67. The van der Waals surface area contributed by atoms with Gasteiger partial charge in [-0.3, -0.25) is 9.59 Å². The summed E-state index contributed by atoms with van der Waals surface area (Å²) in [7, 11) is 0. The predicted molar refractivity (Wildman–Crippen MR) is 51.7 cm³/mol. The maximum atomic E-state index is 9.00. The molecule has 0 aliphatic heterocycles. The molecular weight excluding hydrogens is 172 g/mol. The molecule has 0 aliphatic rings. The number of allylic oxidation sites excluding steroid dienone is 2. The molecule has 0 aliphatic carbocycles. The van der Waals surface area contributed by atoms with E-state index in [9.17, 15) is 0 Å². The molecule has 0 bridgehead atoms. The van der Waals surface area contributed by atoms with Crippen molar-refractivity contribution >= 4 is 11.9 Å². The summed E-state index contributed by atoms with van der Waals surface area (Å²) in [5, 5.41) is 14.8. The van der Waals surface area contributed by atoms with Crippen molar-refractivity contribution in [2.45, 2.75) is 34.1 Å². The van der Waals surface area contributed by atoms with Gasteiger partial charge in [0.15, 0.2) is 0 Å². The molecule has 0 atom stereocenters.